The molecule has 1 N–H and O–H groups in total. The fraction of sp³-hybridized carbons (Fsp3) is 0.444. The van der Waals surface area contributed by atoms with Gasteiger partial charge in [0.15, 0.2) is 5.17 Å². The van der Waals surface area contributed by atoms with Gasteiger partial charge in [0.1, 0.15) is 0 Å². The minimum Gasteiger partial charge on any atom is -0.343 e. The maximum Gasteiger partial charge on any atom is 0.178 e. The number of aryl methyl sites for hydroxylation is 1. The average molecular weight is 361 g/mol. The molecule has 0 atom stereocenters. The molecule has 2 aromatic rings. The standard InChI is InChI=1S/C18H24N4S2/c1-12-9-15(13(2)22(12)10-14-7-6-8-23-14)16-11-24-17(21-20-16)19-18(3,4)5/h6-9H,10-11H2,1-5H3,(H,19,21). The second-order valence-electron chi connectivity index (χ2n) is 7.00. The number of nitrogens with zero attached hydrogens (tertiary/aromatic N) is 3. The quantitative estimate of drug-likeness (QED) is 0.881. The summed E-state index contributed by atoms with van der Waals surface area (Å²) in [6.45, 7) is 11.6. The lowest BCUT2D eigenvalue weighted by Gasteiger charge is -2.19. The highest BCUT2D eigenvalue weighted by atomic mass is 32.2. The van der Waals surface area contributed by atoms with Gasteiger partial charge in [-0.25, -0.2) is 0 Å². The molecule has 3 heterocycles. The van der Waals surface area contributed by atoms with Crippen LogP contribution in [-0.4, -0.2) is 26.7 Å². The number of hydrogen-bond donors (Lipinski definition) is 1. The van der Waals surface area contributed by atoms with Crippen molar-refractivity contribution in [2.45, 2.75) is 46.7 Å². The summed E-state index contributed by atoms with van der Waals surface area (Å²) < 4.78 is 2.37. The number of hydrazone groups is 1. The molecule has 0 bridgehead atoms. The Morgan fingerprint density at radius 2 is 2.12 bits per heavy atom. The molecule has 0 spiro atoms. The second-order valence-corrected chi connectivity index (χ2v) is 8.99. The van der Waals surface area contributed by atoms with Gasteiger partial charge in [-0.3, -0.25) is 10.4 Å². The Hall–Kier alpha value is -1.53. The van der Waals surface area contributed by atoms with E-state index in [0.717, 1.165) is 23.2 Å². The van der Waals surface area contributed by atoms with E-state index in [2.05, 4.69) is 78.3 Å². The largest absolute Gasteiger partial charge is 0.343 e. The van der Waals surface area contributed by atoms with Crippen LogP contribution in [0.2, 0.25) is 0 Å². The van der Waals surface area contributed by atoms with Crippen LogP contribution in [0.1, 0.15) is 42.6 Å². The van der Waals surface area contributed by atoms with Crippen LogP contribution in [0.3, 0.4) is 0 Å². The van der Waals surface area contributed by atoms with E-state index >= 15 is 0 Å². The predicted octanol–water partition coefficient (Wildman–Crippen LogP) is 4.41. The zero-order valence-electron chi connectivity index (χ0n) is 14.9. The third kappa shape index (κ3) is 3.92. The highest BCUT2D eigenvalue weighted by Gasteiger charge is 2.20. The summed E-state index contributed by atoms with van der Waals surface area (Å²) in [7, 11) is 0. The zero-order chi connectivity index (χ0) is 17.3. The molecule has 0 aliphatic carbocycles. The van der Waals surface area contributed by atoms with Crippen LogP contribution in [0.5, 0.6) is 0 Å². The summed E-state index contributed by atoms with van der Waals surface area (Å²) >= 11 is 3.53. The van der Waals surface area contributed by atoms with Crippen molar-refractivity contribution in [1.82, 2.24) is 9.99 Å². The van der Waals surface area contributed by atoms with Gasteiger partial charge in [-0.2, -0.15) is 5.10 Å². The molecule has 1 aliphatic heterocycles. The van der Waals surface area contributed by atoms with Crippen LogP contribution in [-0.2, 0) is 6.54 Å². The summed E-state index contributed by atoms with van der Waals surface area (Å²) in [5.41, 5.74) is 7.92. The fourth-order valence-corrected chi connectivity index (χ4v) is 4.35. The summed E-state index contributed by atoms with van der Waals surface area (Å²) in [4.78, 5) is 6.03. The molecule has 4 nitrogen and oxygen atoms in total. The molecular formula is C18H24N4S2. The minimum absolute atomic E-state index is 0.0844. The Labute approximate surface area is 152 Å². The van der Waals surface area contributed by atoms with Gasteiger partial charge in [0, 0.05) is 27.6 Å². The third-order valence-electron chi connectivity index (χ3n) is 3.85. The fourth-order valence-electron chi connectivity index (χ4n) is 2.71. The molecule has 3 rings (SSSR count). The van der Waals surface area contributed by atoms with Crippen molar-refractivity contribution in [3.05, 3.63) is 45.4 Å². The molecule has 24 heavy (non-hydrogen) atoms. The first-order valence-electron chi connectivity index (χ1n) is 8.08. The number of thiophene rings is 1. The van der Waals surface area contributed by atoms with Gasteiger partial charge in [0.2, 0.25) is 0 Å². The van der Waals surface area contributed by atoms with Crippen molar-refractivity contribution in [2.75, 3.05) is 5.75 Å². The van der Waals surface area contributed by atoms with Crippen molar-refractivity contribution in [3.63, 3.8) is 0 Å². The van der Waals surface area contributed by atoms with Crippen molar-refractivity contribution in [1.29, 1.82) is 0 Å². The molecule has 0 unspecified atom stereocenters. The smallest absolute Gasteiger partial charge is 0.178 e. The molecule has 1 aliphatic rings. The van der Waals surface area contributed by atoms with E-state index in [9.17, 15) is 0 Å². The maximum atomic E-state index is 4.65. The lowest BCUT2D eigenvalue weighted by molar-refractivity contribution is 0.582. The lowest BCUT2D eigenvalue weighted by atomic mass is 10.1. The molecule has 0 saturated heterocycles. The third-order valence-corrected chi connectivity index (χ3v) is 5.58. The molecule has 0 radical (unpaired) electrons. The SMILES string of the molecule is Cc1cc(C2=NNC(=NC(C)(C)C)SC2)c(C)n1Cc1cccs1. The van der Waals surface area contributed by atoms with Crippen LogP contribution in [0.25, 0.3) is 0 Å². The summed E-state index contributed by atoms with van der Waals surface area (Å²) in [6, 6.07) is 6.54. The van der Waals surface area contributed by atoms with Gasteiger partial charge in [0.25, 0.3) is 0 Å². The first kappa shape index (κ1) is 17.3. The molecule has 0 amide bonds. The summed E-state index contributed by atoms with van der Waals surface area (Å²) in [5, 5.41) is 7.61. The number of amidine groups is 1. The van der Waals surface area contributed by atoms with Gasteiger partial charge < -0.3 is 4.57 Å². The lowest BCUT2D eigenvalue weighted by Crippen LogP contribution is -2.28. The van der Waals surface area contributed by atoms with Crippen molar-refractivity contribution < 1.29 is 0 Å². The number of aromatic nitrogens is 1. The number of thioether (sulfide) groups is 1. The topological polar surface area (TPSA) is 41.7 Å². The Morgan fingerprint density at radius 1 is 1.33 bits per heavy atom. The average Bonchev–Trinajstić information content (AvgIpc) is 3.10. The molecule has 2 aromatic heterocycles. The summed E-state index contributed by atoms with van der Waals surface area (Å²) in [6.07, 6.45) is 0. The van der Waals surface area contributed by atoms with Gasteiger partial charge in [-0.1, -0.05) is 17.8 Å². The normalized spacial score (nSPS) is 17.0. The Bertz CT molecular complexity index is 777. The van der Waals surface area contributed by atoms with E-state index in [0.29, 0.717) is 0 Å². The second kappa shape index (κ2) is 6.76. The Morgan fingerprint density at radius 3 is 2.71 bits per heavy atom. The minimum atomic E-state index is -0.0844. The van der Waals surface area contributed by atoms with E-state index in [1.54, 1.807) is 23.1 Å². The van der Waals surface area contributed by atoms with Crippen LogP contribution in [0.15, 0.2) is 33.7 Å². The molecule has 0 aromatic carbocycles. The number of hydrogen-bond acceptors (Lipinski definition) is 4. The zero-order valence-corrected chi connectivity index (χ0v) is 16.5. The van der Waals surface area contributed by atoms with E-state index in [-0.39, 0.29) is 5.54 Å². The highest BCUT2D eigenvalue weighted by Crippen LogP contribution is 2.23. The molecular weight excluding hydrogens is 336 g/mol. The van der Waals surface area contributed by atoms with E-state index in [4.69, 9.17) is 0 Å². The van der Waals surface area contributed by atoms with E-state index in [1.807, 2.05) is 0 Å². The maximum absolute atomic E-state index is 4.65. The number of rotatable bonds is 3. The van der Waals surface area contributed by atoms with Gasteiger partial charge in [0.05, 0.1) is 17.8 Å². The Kier molecular flexibility index (Phi) is 4.88. The van der Waals surface area contributed by atoms with Gasteiger partial charge >= 0.3 is 0 Å². The Balaban J connectivity index is 1.82. The van der Waals surface area contributed by atoms with Crippen LogP contribution < -0.4 is 5.43 Å². The van der Waals surface area contributed by atoms with Crippen LogP contribution in [0.4, 0.5) is 0 Å². The first-order chi connectivity index (χ1) is 11.3. The number of aliphatic imine (C=N–C) groups is 1. The monoisotopic (exact) mass is 360 g/mol. The molecule has 0 saturated carbocycles. The van der Waals surface area contributed by atoms with Crippen LogP contribution >= 0.6 is 23.1 Å². The highest BCUT2D eigenvalue weighted by molar-refractivity contribution is 8.14. The van der Waals surface area contributed by atoms with Crippen molar-refractivity contribution in [2.24, 2.45) is 10.1 Å². The van der Waals surface area contributed by atoms with Crippen molar-refractivity contribution >= 4 is 34.0 Å². The summed E-state index contributed by atoms with van der Waals surface area (Å²) in [5.74, 6) is 0.852. The molecule has 0 fully saturated rings. The molecule has 128 valence electrons. The molecule has 6 heteroatoms. The van der Waals surface area contributed by atoms with E-state index < -0.39 is 0 Å². The van der Waals surface area contributed by atoms with Gasteiger partial charge in [-0.15, -0.1) is 11.3 Å². The first-order valence-corrected chi connectivity index (χ1v) is 9.95. The van der Waals surface area contributed by atoms with Crippen molar-refractivity contribution in [3.8, 4) is 0 Å². The number of nitrogens with one attached hydrogen (secondary N) is 1. The van der Waals surface area contributed by atoms with Gasteiger partial charge in [-0.05, 0) is 52.1 Å². The van der Waals surface area contributed by atoms with E-state index in [1.165, 1.54) is 21.8 Å². The predicted molar refractivity (Wildman–Crippen MR) is 107 cm³/mol. The van der Waals surface area contributed by atoms with Crippen LogP contribution in [0, 0.1) is 13.8 Å².